The molecule has 25 heavy (non-hydrogen) atoms. The summed E-state index contributed by atoms with van der Waals surface area (Å²) in [7, 11) is 4.52. The number of likely N-dealkylation sites (N-methyl/N-ethyl adjacent to an activating group) is 1. The number of anilines is 2. The van der Waals surface area contributed by atoms with Gasteiger partial charge in [-0.05, 0) is 23.8 Å². The number of piperazine rings is 1. The van der Waals surface area contributed by atoms with E-state index in [1.807, 2.05) is 48.5 Å². The largest absolute Gasteiger partial charge is 0.444 e. The molecule has 0 saturated carbocycles. The summed E-state index contributed by atoms with van der Waals surface area (Å²) in [6.07, 6.45) is -0.433. The van der Waals surface area contributed by atoms with Gasteiger partial charge in [0, 0.05) is 11.4 Å². The van der Waals surface area contributed by atoms with Crippen LogP contribution >= 0.6 is 0 Å². The molecule has 5 heteroatoms. The maximum Gasteiger partial charge on any atom is 0.411 e. The molecule has 3 rings (SSSR count). The maximum absolute atomic E-state index is 12.0. The van der Waals surface area contributed by atoms with E-state index in [1.165, 1.54) is 0 Å². The third-order valence-electron chi connectivity index (χ3n) is 4.62. The van der Waals surface area contributed by atoms with Crippen LogP contribution in [0.5, 0.6) is 0 Å². The van der Waals surface area contributed by atoms with Crippen LogP contribution in [0.1, 0.15) is 5.56 Å². The van der Waals surface area contributed by atoms with E-state index < -0.39 is 6.09 Å². The summed E-state index contributed by atoms with van der Waals surface area (Å²) in [5, 5.41) is 2.82. The van der Waals surface area contributed by atoms with Crippen molar-refractivity contribution in [2.45, 2.75) is 6.61 Å². The monoisotopic (exact) mass is 340 g/mol. The number of amides is 1. The zero-order valence-electron chi connectivity index (χ0n) is 14.9. The lowest BCUT2D eigenvalue weighted by molar-refractivity contribution is -0.890. The second kappa shape index (κ2) is 7.57. The molecule has 2 aromatic carbocycles. The van der Waals surface area contributed by atoms with Crippen molar-refractivity contribution in [2.24, 2.45) is 0 Å². The van der Waals surface area contributed by atoms with Crippen LogP contribution in [0.15, 0.2) is 54.6 Å². The normalized spacial score (nSPS) is 16.3. The number of benzene rings is 2. The molecule has 0 spiro atoms. The number of carbonyl (C=O) groups excluding carboxylic acids is 1. The summed E-state index contributed by atoms with van der Waals surface area (Å²) in [5.41, 5.74) is 2.87. The smallest absolute Gasteiger partial charge is 0.411 e. The lowest BCUT2D eigenvalue weighted by atomic mass is 10.2. The minimum absolute atomic E-state index is 0.269. The molecule has 0 aromatic heterocycles. The van der Waals surface area contributed by atoms with Gasteiger partial charge < -0.3 is 14.1 Å². The molecule has 1 amide bonds. The van der Waals surface area contributed by atoms with E-state index >= 15 is 0 Å². The molecule has 1 aliphatic heterocycles. The second-order valence-corrected chi connectivity index (χ2v) is 7.11. The van der Waals surface area contributed by atoms with Gasteiger partial charge in [-0.2, -0.15) is 0 Å². The van der Waals surface area contributed by atoms with Gasteiger partial charge in [0.2, 0.25) is 0 Å². The van der Waals surface area contributed by atoms with Crippen molar-refractivity contribution in [1.29, 1.82) is 0 Å². The van der Waals surface area contributed by atoms with Crippen molar-refractivity contribution in [3.63, 3.8) is 0 Å². The SMILES string of the molecule is C[N+]1(C)CCN(c2cccc(NC(=O)OCc3ccccc3)c2)CC1. The second-order valence-electron chi connectivity index (χ2n) is 7.11. The average Bonchev–Trinajstić information content (AvgIpc) is 2.61. The molecule has 132 valence electrons. The van der Waals surface area contributed by atoms with E-state index in [0.717, 1.165) is 47.6 Å². The summed E-state index contributed by atoms with van der Waals surface area (Å²) in [5.74, 6) is 0. The first-order valence-corrected chi connectivity index (χ1v) is 8.67. The summed E-state index contributed by atoms with van der Waals surface area (Å²) < 4.78 is 6.33. The molecule has 0 unspecified atom stereocenters. The van der Waals surface area contributed by atoms with Crippen LogP contribution in [0.2, 0.25) is 0 Å². The highest BCUT2D eigenvalue weighted by Gasteiger charge is 2.24. The summed E-state index contributed by atoms with van der Waals surface area (Å²) in [6, 6.07) is 17.6. The molecule has 0 aliphatic carbocycles. The van der Waals surface area contributed by atoms with Gasteiger partial charge in [-0.3, -0.25) is 5.32 Å². The lowest BCUT2D eigenvalue weighted by Gasteiger charge is -2.40. The Balaban J connectivity index is 1.55. The predicted octanol–water partition coefficient (Wildman–Crippen LogP) is 3.33. The molecule has 1 saturated heterocycles. The van der Waals surface area contributed by atoms with Crippen LogP contribution < -0.4 is 10.2 Å². The minimum atomic E-state index is -0.433. The Morgan fingerprint density at radius 3 is 2.52 bits per heavy atom. The van der Waals surface area contributed by atoms with Crippen LogP contribution in [-0.2, 0) is 11.3 Å². The molecule has 1 N–H and O–H groups in total. The van der Waals surface area contributed by atoms with Crippen LogP contribution in [0.4, 0.5) is 16.2 Å². The molecule has 5 nitrogen and oxygen atoms in total. The van der Waals surface area contributed by atoms with E-state index in [1.54, 1.807) is 0 Å². The Morgan fingerprint density at radius 2 is 1.80 bits per heavy atom. The van der Waals surface area contributed by atoms with Crippen molar-refractivity contribution in [3.8, 4) is 0 Å². The highest BCUT2D eigenvalue weighted by molar-refractivity contribution is 5.85. The first-order valence-electron chi connectivity index (χ1n) is 8.67. The Bertz CT molecular complexity index is 706. The number of nitrogens with one attached hydrogen (secondary N) is 1. The number of nitrogens with zero attached hydrogens (tertiary/aromatic N) is 2. The van der Waals surface area contributed by atoms with Crippen molar-refractivity contribution in [2.75, 3.05) is 50.5 Å². The molecule has 0 atom stereocenters. The third kappa shape index (κ3) is 4.97. The van der Waals surface area contributed by atoms with E-state index in [2.05, 4.69) is 30.4 Å². The first kappa shape index (κ1) is 17.3. The first-order chi connectivity index (χ1) is 12.0. The van der Waals surface area contributed by atoms with E-state index in [-0.39, 0.29) is 6.61 Å². The Labute approximate surface area is 149 Å². The number of hydrogen-bond donors (Lipinski definition) is 1. The highest BCUT2D eigenvalue weighted by atomic mass is 16.5. The Kier molecular flexibility index (Phi) is 5.24. The fourth-order valence-corrected chi connectivity index (χ4v) is 2.92. The molecule has 0 radical (unpaired) electrons. The van der Waals surface area contributed by atoms with Gasteiger partial charge in [-0.25, -0.2) is 4.79 Å². The van der Waals surface area contributed by atoms with Gasteiger partial charge in [-0.15, -0.1) is 0 Å². The average molecular weight is 340 g/mol. The molecular weight excluding hydrogens is 314 g/mol. The van der Waals surface area contributed by atoms with Gasteiger partial charge in [0.1, 0.15) is 6.61 Å². The minimum Gasteiger partial charge on any atom is -0.444 e. The maximum atomic E-state index is 12.0. The van der Waals surface area contributed by atoms with Gasteiger partial charge >= 0.3 is 6.09 Å². The number of rotatable bonds is 4. The van der Waals surface area contributed by atoms with Crippen molar-refractivity contribution in [1.82, 2.24) is 0 Å². The third-order valence-corrected chi connectivity index (χ3v) is 4.62. The van der Waals surface area contributed by atoms with Crippen LogP contribution in [0.25, 0.3) is 0 Å². The summed E-state index contributed by atoms with van der Waals surface area (Å²) in [4.78, 5) is 14.4. The fourth-order valence-electron chi connectivity index (χ4n) is 2.92. The number of hydrogen-bond acceptors (Lipinski definition) is 3. The standard InChI is InChI=1S/C20H25N3O2/c1-23(2)13-11-22(12-14-23)19-10-6-9-18(15-19)21-20(24)25-16-17-7-4-3-5-8-17/h3-10,15H,11-14,16H2,1-2H3/p+1. The van der Waals surface area contributed by atoms with Crippen molar-refractivity contribution in [3.05, 3.63) is 60.2 Å². The van der Waals surface area contributed by atoms with E-state index in [9.17, 15) is 4.79 Å². The summed E-state index contributed by atoms with van der Waals surface area (Å²) in [6.45, 7) is 4.56. The highest BCUT2D eigenvalue weighted by Crippen LogP contribution is 2.22. The molecular formula is C20H26N3O2+. The van der Waals surface area contributed by atoms with Crippen molar-refractivity contribution >= 4 is 17.5 Å². The topological polar surface area (TPSA) is 41.6 Å². The Morgan fingerprint density at radius 1 is 1.08 bits per heavy atom. The zero-order valence-corrected chi connectivity index (χ0v) is 14.9. The predicted molar refractivity (Wildman–Crippen MR) is 101 cm³/mol. The van der Waals surface area contributed by atoms with Crippen LogP contribution in [0, 0.1) is 0 Å². The van der Waals surface area contributed by atoms with Crippen LogP contribution in [-0.4, -0.2) is 50.9 Å². The molecule has 2 aromatic rings. The van der Waals surface area contributed by atoms with E-state index in [4.69, 9.17) is 4.74 Å². The zero-order chi connectivity index (χ0) is 17.7. The molecule has 1 aliphatic rings. The number of quaternary nitrogens is 1. The number of ether oxygens (including phenoxy) is 1. The summed E-state index contributed by atoms with van der Waals surface area (Å²) >= 11 is 0. The molecule has 1 fully saturated rings. The number of carbonyl (C=O) groups is 1. The van der Waals surface area contributed by atoms with Gasteiger partial charge in [-0.1, -0.05) is 36.4 Å². The van der Waals surface area contributed by atoms with Gasteiger partial charge in [0.25, 0.3) is 0 Å². The quantitative estimate of drug-likeness (QED) is 0.868. The lowest BCUT2D eigenvalue weighted by Crippen LogP contribution is -2.54. The van der Waals surface area contributed by atoms with Crippen molar-refractivity contribution < 1.29 is 14.0 Å². The van der Waals surface area contributed by atoms with Gasteiger partial charge in [0.05, 0.1) is 40.3 Å². The Hall–Kier alpha value is -2.53. The van der Waals surface area contributed by atoms with Gasteiger partial charge in [0.15, 0.2) is 0 Å². The molecule has 0 bridgehead atoms. The van der Waals surface area contributed by atoms with E-state index in [0.29, 0.717) is 0 Å². The molecule has 1 heterocycles. The van der Waals surface area contributed by atoms with Crippen LogP contribution in [0.3, 0.4) is 0 Å². The fraction of sp³-hybridized carbons (Fsp3) is 0.350.